The quantitative estimate of drug-likeness (QED) is 0.396. The van der Waals surface area contributed by atoms with Gasteiger partial charge in [-0.05, 0) is 64.8 Å². The van der Waals surface area contributed by atoms with Crippen molar-refractivity contribution >= 4 is 33.2 Å². The van der Waals surface area contributed by atoms with Crippen molar-refractivity contribution in [1.82, 2.24) is 0 Å². The summed E-state index contributed by atoms with van der Waals surface area (Å²) in [5, 5.41) is 3.71. The fourth-order valence-electron chi connectivity index (χ4n) is 2.68. The number of hydrogen-bond donors (Lipinski definition) is 1. The average molecular weight is 465 g/mol. The summed E-state index contributed by atoms with van der Waals surface area (Å²) in [5.74, 6) is 0.853. The van der Waals surface area contributed by atoms with E-state index in [1.165, 1.54) is 12.1 Å². The Morgan fingerprint density at radius 1 is 1.04 bits per heavy atom. The molecule has 3 rings (SSSR count). The minimum Gasteiger partial charge on any atom is -0.490 e. The fraction of sp³-hybridized carbons (Fsp3) is 0.182. The normalized spacial score (nSPS) is 10.6. The topological polar surface area (TPSA) is 30.5 Å². The maximum Gasteiger partial charge on any atom is 0.175 e. The summed E-state index contributed by atoms with van der Waals surface area (Å²) in [6.45, 7) is 3.28. The fourth-order valence-corrected chi connectivity index (χ4v) is 3.50. The highest BCUT2D eigenvalue weighted by Crippen LogP contribution is 2.38. The number of nitrogens with one attached hydrogen (secondary N) is 1. The Labute approximate surface area is 177 Å². The first kappa shape index (κ1) is 20.5. The second kappa shape index (κ2) is 9.80. The SMILES string of the molecule is CCOc1cc(CNc2ccccc2)cc(Br)c1OCc1ccc(F)cc1Cl. The third-order valence-corrected chi connectivity index (χ3v) is 4.97. The van der Waals surface area contributed by atoms with Gasteiger partial charge >= 0.3 is 0 Å². The zero-order chi connectivity index (χ0) is 19.9. The van der Waals surface area contributed by atoms with E-state index in [-0.39, 0.29) is 12.4 Å². The Hall–Kier alpha value is -2.24. The van der Waals surface area contributed by atoms with Crippen molar-refractivity contribution in [2.45, 2.75) is 20.1 Å². The third-order valence-electron chi connectivity index (χ3n) is 4.03. The molecule has 0 bridgehead atoms. The van der Waals surface area contributed by atoms with Crippen molar-refractivity contribution in [3.8, 4) is 11.5 Å². The largest absolute Gasteiger partial charge is 0.490 e. The predicted octanol–water partition coefficient (Wildman–Crippen LogP) is 6.83. The molecule has 0 aromatic heterocycles. The maximum absolute atomic E-state index is 13.2. The van der Waals surface area contributed by atoms with Crippen molar-refractivity contribution < 1.29 is 13.9 Å². The second-order valence-electron chi connectivity index (χ2n) is 6.08. The molecule has 0 spiro atoms. The molecule has 0 saturated carbocycles. The molecule has 3 nitrogen and oxygen atoms in total. The Bertz CT molecular complexity index is 937. The van der Waals surface area contributed by atoms with Gasteiger partial charge in [-0.15, -0.1) is 0 Å². The highest BCUT2D eigenvalue weighted by atomic mass is 79.9. The van der Waals surface area contributed by atoms with Gasteiger partial charge in [0.05, 0.1) is 16.1 Å². The van der Waals surface area contributed by atoms with Crippen LogP contribution in [0, 0.1) is 5.82 Å². The summed E-state index contributed by atoms with van der Waals surface area (Å²) in [5.41, 5.74) is 2.79. The van der Waals surface area contributed by atoms with E-state index in [4.69, 9.17) is 21.1 Å². The van der Waals surface area contributed by atoms with Gasteiger partial charge in [0.2, 0.25) is 0 Å². The lowest BCUT2D eigenvalue weighted by Crippen LogP contribution is -2.04. The number of hydrogen-bond acceptors (Lipinski definition) is 3. The molecule has 0 unspecified atom stereocenters. The van der Waals surface area contributed by atoms with Crippen molar-refractivity contribution in [1.29, 1.82) is 0 Å². The lowest BCUT2D eigenvalue weighted by molar-refractivity contribution is 0.267. The van der Waals surface area contributed by atoms with Gasteiger partial charge in [0, 0.05) is 17.8 Å². The predicted molar refractivity (Wildman–Crippen MR) is 115 cm³/mol. The molecule has 0 saturated heterocycles. The molecule has 0 amide bonds. The van der Waals surface area contributed by atoms with Crippen molar-refractivity contribution in [3.63, 3.8) is 0 Å². The molecule has 6 heteroatoms. The monoisotopic (exact) mass is 463 g/mol. The van der Waals surface area contributed by atoms with Crippen LogP contribution in [0.1, 0.15) is 18.1 Å². The lowest BCUT2D eigenvalue weighted by Gasteiger charge is -2.16. The van der Waals surface area contributed by atoms with Crippen LogP contribution in [-0.2, 0) is 13.2 Å². The van der Waals surface area contributed by atoms with Crippen LogP contribution < -0.4 is 14.8 Å². The average Bonchev–Trinajstić information content (AvgIpc) is 2.68. The lowest BCUT2D eigenvalue weighted by atomic mass is 10.2. The Morgan fingerprint density at radius 2 is 1.82 bits per heavy atom. The third kappa shape index (κ3) is 5.40. The van der Waals surface area contributed by atoms with Crippen LogP contribution in [0.2, 0.25) is 5.02 Å². The van der Waals surface area contributed by atoms with Crippen LogP contribution in [0.15, 0.2) is 65.1 Å². The van der Waals surface area contributed by atoms with Gasteiger partial charge in [0.1, 0.15) is 12.4 Å². The summed E-state index contributed by atoms with van der Waals surface area (Å²) in [7, 11) is 0. The molecule has 3 aromatic carbocycles. The zero-order valence-electron chi connectivity index (χ0n) is 15.3. The van der Waals surface area contributed by atoms with Gasteiger partial charge in [0.15, 0.2) is 11.5 Å². The highest BCUT2D eigenvalue weighted by Gasteiger charge is 2.14. The zero-order valence-corrected chi connectivity index (χ0v) is 17.7. The smallest absolute Gasteiger partial charge is 0.175 e. The van der Waals surface area contributed by atoms with E-state index in [2.05, 4.69) is 21.2 Å². The van der Waals surface area contributed by atoms with Crippen LogP contribution in [0.4, 0.5) is 10.1 Å². The summed E-state index contributed by atoms with van der Waals surface area (Å²) in [4.78, 5) is 0. The first-order valence-corrected chi connectivity index (χ1v) is 10.0. The van der Waals surface area contributed by atoms with Crippen LogP contribution in [-0.4, -0.2) is 6.61 Å². The van der Waals surface area contributed by atoms with E-state index in [0.717, 1.165) is 15.7 Å². The maximum atomic E-state index is 13.2. The van der Waals surface area contributed by atoms with Crippen molar-refractivity contribution in [2.75, 3.05) is 11.9 Å². The number of para-hydroxylation sites is 1. The van der Waals surface area contributed by atoms with Crippen molar-refractivity contribution in [2.24, 2.45) is 0 Å². The second-order valence-corrected chi connectivity index (χ2v) is 7.34. The molecule has 28 heavy (non-hydrogen) atoms. The molecular formula is C22H20BrClFNO2. The number of benzene rings is 3. The molecule has 0 aliphatic rings. The van der Waals surface area contributed by atoms with Gasteiger partial charge in [-0.25, -0.2) is 4.39 Å². The van der Waals surface area contributed by atoms with E-state index in [0.29, 0.717) is 35.2 Å². The minimum atomic E-state index is -0.375. The molecule has 0 radical (unpaired) electrons. The van der Waals surface area contributed by atoms with Gasteiger partial charge < -0.3 is 14.8 Å². The summed E-state index contributed by atoms with van der Waals surface area (Å²) < 4.78 is 25.7. The number of rotatable bonds is 8. The van der Waals surface area contributed by atoms with Crippen LogP contribution in [0.5, 0.6) is 11.5 Å². The number of halogens is 3. The molecule has 0 aliphatic heterocycles. The first-order valence-electron chi connectivity index (χ1n) is 8.87. The Morgan fingerprint density at radius 3 is 2.54 bits per heavy atom. The highest BCUT2D eigenvalue weighted by molar-refractivity contribution is 9.10. The molecule has 0 fully saturated rings. The van der Waals surface area contributed by atoms with Gasteiger partial charge in [-0.2, -0.15) is 0 Å². The van der Waals surface area contributed by atoms with Crippen molar-refractivity contribution in [3.05, 3.63) is 87.1 Å². The molecule has 0 atom stereocenters. The summed E-state index contributed by atoms with van der Waals surface area (Å²) in [6.07, 6.45) is 0. The molecule has 0 aliphatic carbocycles. The summed E-state index contributed by atoms with van der Waals surface area (Å²) in [6, 6.07) is 18.2. The molecule has 0 heterocycles. The Balaban J connectivity index is 1.76. The first-order chi connectivity index (χ1) is 13.6. The molecule has 1 N–H and O–H groups in total. The van der Waals surface area contributed by atoms with E-state index < -0.39 is 0 Å². The Kier molecular flexibility index (Phi) is 7.18. The minimum absolute atomic E-state index is 0.208. The number of anilines is 1. The van der Waals surface area contributed by atoms with Crippen LogP contribution in [0.3, 0.4) is 0 Å². The molecular weight excluding hydrogens is 445 g/mol. The van der Waals surface area contributed by atoms with E-state index in [9.17, 15) is 4.39 Å². The van der Waals surface area contributed by atoms with Gasteiger partial charge in [-0.3, -0.25) is 0 Å². The van der Waals surface area contributed by atoms with Crippen LogP contribution >= 0.6 is 27.5 Å². The van der Waals surface area contributed by atoms with E-state index in [1.54, 1.807) is 6.07 Å². The molecule has 146 valence electrons. The van der Waals surface area contributed by atoms with Gasteiger partial charge in [-0.1, -0.05) is 35.9 Å². The van der Waals surface area contributed by atoms with Gasteiger partial charge in [0.25, 0.3) is 0 Å². The van der Waals surface area contributed by atoms with Crippen LogP contribution in [0.25, 0.3) is 0 Å². The summed E-state index contributed by atoms with van der Waals surface area (Å²) >= 11 is 9.66. The standard InChI is InChI=1S/C22H20BrClFNO2/c1-2-27-21-11-15(13-26-18-6-4-3-5-7-18)10-19(23)22(21)28-14-16-8-9-17(25)12-20(16)24/h3-12,26H,2,13-14H2,1H3. The van der Waals surface area contributed by atoms with E-state index in [1.807, 2.05) is 49.4 Å². The number of ether oxygens (including phenoxy) is 2. The molecule has 3 aromatic rings. The van der Waals surface area contributed by atoms with E-state index >= 15 is 0 Å².